The first kappa shape index (κ1) is 42.9. The van der Waals surface area contributed by atoms with Crippen molar-refractivity contribution in [3.05, 3.63) is 99.6 Å². The number of nitrogens with zero attached hydrogens (tertiary/aromatic N) is 1. The van der Waals surface area contributed by atoms with Crippen LogP contribution in [0, 0.1) is 10.1 Å². The van der Waals surface area contributed by atoms with Crippen LogP contribution in [0.2, 0.25) is 0 Å². The van der Waals surface area contributed by atoms with Gasteiger partial charge in [-0.05, 0) is 73.0 Å². The van der Waals surface area contributed by atoms with Gasteiger partial charge in [-0.3, -0.25) is 14.9 Å². The van der Waals surface area contributed by atoms with E-state index >= 15 is 0 Å². The number of carbonyl (C=O) groups excluding carboxylic acids is 2. The van der Waals surface area contributed by atoms with Crippen molar-refractivity contribution in [2.45, 2.75) is 136 Å². The Kier molecular flexibility index (Phi) is 21.3. The number of nitro benzene ring substituents is 1. The summed E-state index contributed by atoms with van der Waals surface area (Å²) in [6.07, 6.45) is 27.3. The number of ether oxygens (including phenoxy) is 3. The fraction of sp³-hybridized carbons (Fsp3) is 0.511. The summed E-state index contributed by atoms with van der Waals surface area (Å²) in [7, 11) is 0. The van der Waals surface area contributed by atoms with E-state index in [1.807, 2.05) is 24.3 Å². The number of nitro groups is 1. The Morgan fingerprint density at radius 1 is 0.585 bits per heavy atom. The van der Waals surface area contributed by atoms with E-state index in [4.69, 9.17) is 14.2 Å². The molecular weight excluding hydrogens is 666 g/mol. The van der Waals surface area contributed by atoms with E-state index in [0.717, 1.165) is 49.5 Å². The summed E-state index contributed by atoms with van der Waals surface area (Å²) in [4.78, 5) is 36.8. The van der Waals surface area contributed by atoms with Gasteiger partial charge in [0.25, 0.3) is 0 Å². The van der Waals surface area contributed by atoms with Crippen LogP contribution >= 0.6 is 0 Å². The van der Waals surface area contributed by atoms with Gasteiger partial charge in [0.05, 0.1) is 23.7 Å². The summed E-state index contributed by atoms with van der Waals surface area (Å²) < 4.78 is 17.0. The van der Waals surface area contributed by atoms with Gasteiger partial charge in [0, 0.05) is 11.6 Å². The third kappa shape index (κ3) is 17.7. The molecule has 0 aromatic heterocycles. The molecule has 0 spiro atoms. The third-order valence-corrected chi connectivity index (χ3v) is 9.32. The van der Waals surface area contributed by atoms with E-state index in [-0.39, 0.29) is 16.9 Å². The molecule has 0 saturated heterocycles. The molecule has 0 radical (unpaired) electrons. The fourth-order valence-corrected chi connectivity index (χ4v) is 6.07. The Balaban J connectivity index is 1.34. The average molecular weight is 728 g/mol. The van der Waals surface area contributed by atoms with E-state index in [2.05, 4.69) is 13.8 Å². The predicted octanol–water partition coefficient (Wildman–Crippen LogP) is 12.9. The predicted molar refractivity (Wildman–Crippen MR) is 214 cm³/mol. The van der Waals surface area contributed by atoms with Crippen LogP contribution < -0.4 is 14.2 Å². The molecule has 0 fully saturated rings. The maximum atomic E-state index is 12.8. The van der Waals surface area contributed by atoms with Crippen molar-refractivity contribution in [1.29, 1.82) is 0 Å². The van der Waals surface area contributed by atoms with E-state index in [9.17, 15) is 19.7 Å². The molecule has 0 bridgehead atoms. The van der Waals surface area contributed by atoms with Crippen molar-refractivity contribution in [1.82, 2.24) is 0 Å². The lowest BCUT2D eigenvalue weighted by molar-refractivity contribution is -0.385. The highest BCUT2D eigenvalue weighted by molar-refractivity contribution is 6.07. The number of unbranched alkanes of at least 4 members (excludes halogenated alkanes) is 17. The molecular formula is C45H61NO7. The quantitative estimate of drug-likeness (QED) is 0.0133. The minimum absolute atomic E-state index is 0.106. The number of carbonyl (C=O) groups is 2. The summed E-state index contributed by atoms with van der Waals surface area (Å²) in [5.41, 5.74) is 0.654. The lowest BCUT2D eigenvalue weighted by Crippen LogP contribution is -2.10. The largest absolute Gasteiger partial charge is 0.494 e. The van der Waals surface area contributed by atoms with Crippen molar-refractivity contribution in [3.8, 4) is 17.2 Å². The van der Waals surface area contributed by atoms with Crippen LogP contribution in [-0.4, -0.2) is 29.9 Å². The maximum Gasteiger partial charge on any atom is 0.343 e. The molecule has 3 aromatic rings. The summed E-state index contributed by atoms with van der Waals surface area (Å²) in [6.45, 7) is 5.67. The van der Waals surface area contributed by atoms with Crippen LogP contribution in [0.3, 0.4) is 0 Å². The average Bonchev–Trinajstić information content (AvgIpc) is 3.17. The second-order valence-electron chi connectivity index (χ2n) is 13.8. The van der Waals surface area contributed by atoms with Crippen LogP contribution in [-0.2, 0) is 0 Å². The van der Waals surface area contributed by atoms with Crippen LogP contribution in [0.5, 0.6) is 17.2 Å². The van der Waals surface area contributed by atoms with Gasteiger partial charge in [-0.15, -0.1) is 0 Å². The maximum absolute atomic E-state index is 12.8. The Morgan fingerprint density at radius 2 is 1.02 bits per heavy atom. The highest BCUT2D eigenvalue weighted by Gasteiger charge is 2.21. The van der Waals surface area contributed by atoms with Gasteiger partial charge in [0.2, 0.25) is 5.75 Å². The first-order chi connectivity index (χ1) is 25.9. The molecule has 0 saturated carbocycles. The number of hydrogen-bond acceptors (Lipinski definition) is 7. The number of allylic oxidation sites excluding steroid dienone is 1. The number of benzene rings is 3. The van der Waals surface area contributed by atoms with Gasteiger partial charge in [0.1, 0.15) is 11.5 Å². The topological polar surface area (TPSA) is 105 Å². The van der Waals surface area contributed by atoms with Crippen molar-refractivity contribution in [3.63, 3.8) is 0 Å². The second kappa shape index (κ2) is 26.3. The molecule has 0 N–H and O–H groups in total. The molecule has 8 nitrogen and oxygen atoms in total. The molecule has 53 heavy (non-hydrogen) atoms. The summed E-state index contributed by atoms with van der Waals surface area (Å²) >= 11 is 0. The number of rotatable bonds is 29. The monoisotopic (exact) mass is 727 g/mol. The molecule has 0 aliphatic heterocycles. The Hall–Kier alpha value is -4.46. The number of hydrogen-bond donors (Lipinski definition) is 0. The molecule has 0 heterocycles. The van der Waals surface area contributed by atoms with Crippen LogP contribution in [0.1, 0.15) is 162 Å². The van der Waals surface area contributed by atoms with Gasteiger partial charge >= 0.3 is 11.7 Å². The Morgan fingerprint density at radius 3 is 1.53 bits per heavy atom. The number of esters is 1. The van der Waals surface area contributed by atoms with Crippen molar-refractivity contribution in [2.24, 2.45) is 0 Å². The molecule has 0 aliphatic carbocycles. The van der Waals surface area contributed by atoms with Gasteiger partial charge < -0.3 is 14.2 Å². The zero-order chi connectivity index (χ0) is 37.9. The molecule has 8 heteroatoms. The first-order valence-corrected chi connectivity index (χ1v) is 20.1. The van der Waals surface area contributed by atoms with Crippen molar-refractivity contribution >= 4 is 23.5 Å². The lowest BCUT2D eigenvalue weighted by Gasteiger charge is -2.08. The minimum Gasteiger partial charge on any atom is -0.494 e. The molecule has 3 rings (SSSR count). The third-order valence-electron chi connectivity index (χ3n) is 9.32. The van der Waals surface area contributed by atoms with Crippen LogP contribution in [0.4, 0.5) is 5.69 Å². The van der Waals surface area contributed by atoms with E-state index in [1.54, 1.807) is 30.3 Å². The van der Waals surface area contributed by atoms with Gasteiger partial charge in [-0.1, -0.05) is 141 Å². The van der Waals surface area contributed by atoms with Gasteiger partial charge in [0.15, 0.2) is 5.78 Å². The Labute approximate surface area is 317 Å². The normalized spacial score (nSPS) is 11.1. The van der Waals surface area contributed by atoms with E-state index < -0.39 is 22.4 Å². The van der Waals surface area contributed by atoms with E-state index in [0.29, 0.717) is 19.0 Å². The van der Waals surface area contributed by atoms with Gasteiger partial charge in [-0.2, -0.15) is 0 Å². The SMILES string of the molecule is CCCCCCCCCCCCCCCCCCOc1ccc(C(=O)Oc2ccc(C(=O)/C=C/c3ccc(OCCCCC)cc3)cc2[N+](=O)[O-])cc1. The van der Waals surface area contributed by atoms with Gasteiger partial charge in [-0.25, -0.2) is 4.79 Å². The fourth-order valence-electron chi connectivity index (χ4n) is 6.07. The Bertz CT molecular complexity index is 1510. The molecule has 288 valence electrons. The van der Waals surface area contributed by atoms with Crippen LogP contribution in [0.25, 0.3) is 6.08 Å². The highest BCUT2D eigenvalue weighted by atomic mass is 16.6. The summed E-state index contributed by atoms with van der Waals surface area (Å²) in [5.74, 6) is 0.0144. The summed E-state index contributed by atoms with van der Waals surface area (Å²) in [6, 6.07) is 17.7. The molecule has 0 aliphatic rings. The van der Waals surface area contributed by atoms with E-state index in [1.165, 1.54) is 108 Å². The zero-order valence-electron chi connectivity index (χ0n) is 32.2. The number of ketones is 1. The van der Waals surface area contributed by atoms with Crippen molar-refractivity contribution in [2.75, 3.05) is 13.2 Å². The smallest absolute Gasteiger partial charge is 0.343 e. The molecule has 3 aromatic carbocycles. The molecule has 0 amide bonds. The minimum atomic E-state index is -0.741. The van der Waals surface area contributed by atoms with Crippen LogP contribution in [0.15, 0.2) is 72.8 Å². The van der Waals surface area contributed by atoms with Crippen molar-refractivity contribution < 1.29 is 28.7 Å². The summed E-state index contributed by atoms with van der Waals surface area (Å²) in [5, 5.41) is 11.8. The lowest BCUT2D eigenvalue weighted by atomic mass is 10.0. The second-order valence-corrected chi connectivity index (χ2v) is 13.8. The highest BCUT2D eigenvalue weighted by Crippen LogP contribution is 2.29. The zero-order valence-corrected chi connectivity index (χ0v) is 32.2. The first-order valence-electron chi connectivity index (χ1n) is 20.1. The standard InChI is InChI=1S/C45H61NO7/c1-3-5-7-8-9-10-11-12-13-14-15-16-17-18-19-21-35-52-41-30-25-38(26-31-41)45(48)53-44-33-27-39(36-42(44)46(49)50)43(47)32-24-37-22-28-40(29-23-37)51-34-20-6-4-2/h22-33,36H,3-21,34-35H2,1-2H3/b32-24+. The molecule has 0 atom stereocenters. The molecule has 0 unspecified atom stereocenters.